The summed E-state index contributed by atoms with van der Waals surface area (Å²) in [5.74, 6) is -1.22. The van der Waals surface area contributed by atoms with Gasteiger partial charge < -0.3 is 9.64 Å². The molecule has 0 saturated carbocycles. The van der Waals surface area contributed by atoms with Gasteiger partial charge in [-0.1, -0.05) is 23.7 Å². The number of carbonyl (C=O) groups excluding carboxylic acids is 2. The van der Waals surface area contributed by atoms with Gasteiger partial charge in [0.15, 0.2) is 0 Å². The molecule has 1 amide bonds. The molecule has 0 radical (unpaired) electrons. The highest BCUT2D eigenvalue weighted by atomic mass is 35.5. The first-order chi connectivity index (χ1) is 12.2. The third-order valence-electron chi connectivity index (χ3n) is 3.58. The fraction of sp³-hybridized carbons (Fsp3) is 0.222. The molecule has 0 atom stereocenters. The Kier molecular flexibility index (Phi) is 6.26. The Hall–Kier alpha value is -2.54. The molecular formula is C18H15ClF3NO3. The summed E-state index contributed by atoms with van der Waals surface area (Å²) in [6.07, 6.45) is -4.49. The largest absolute Gasteiger partial charge is 0.468 e. The standard InChI is InChI=1S/C18H15ClF3NO3/c1-26-16(24)11-23(10-12-2-8-15(19)9-3-12)17(25)13-4-6-14(7-5-13)18(20,21)22/h2-9H,10-11H2,1H3. The number of amides is 1. The van der Waals surface area contributed by atoms with Crippen LogP contribution in [0.1, 0.15) is 21.5 Å². The van der Waals surface area contributed by atoms with E-state index in [0.29, 0.717) is 10.6 Å². The maximum Gasteiger partial charge on any atom is 0.416 e. The Morgan fingerprint density at radius 1 is 1.04 bits per heavy atom. The van der Waals surface area contributed by atoms with Gasteiger partial charge >= 0.3 is 12.1 Å². The van der Waals surface area contributed by atoms with Gasteiger partial charge in [0.25, 0.3) is 5.91 Å². The molecule has 138 valence electrons. The molecule has 0 N–H and O–H groups in total. The Morgan fingerprint density at radius 3 is 2.12 bits per heavy atom. The van der Waals surface area contributed by atoms with E-state index in [9.17, 15) is 22.8 Å². The molecule has 2 rings (SSSR count). The number of esters is 1. The first-order valence-electron chi connectivity index (χ1n) is 7.48. The molecule has 0 unspecified atom stereocenters. The molecule has 0 aliphatic rings. The van der Waals surface area contributed by atoms with Crippen LogP contribution in [-0.2, 0) is 22.3 Å². The Morgan fingerprint density at radius 2 is 1.62 bits per heavy atom. The van der Waals surface area contributed by atoms with E-state index >= 15 is 0 Å². The van der Waals surface area contributed by atoms with Crippen molar-refractivity contribution < 1.29 is 27.5 Å². The van der Waals surface area contributed by atoms with Crippen LogP contribution >= 0.6 is 11.6 Å². The number of methoxy groups -OCH3 is 1. The van der Waals surface area contributed by atoms with E-state index in [1.807, 2.05) is 0 Å². The Bertz CT molecular complexity index is 774. The number of hydrogen-bond acceptors (Lipinski definition) is 3. The van der Waals surface area contributed by atoms with Crippen molar-refractivity contribution in [3.63, 3.8) is 0 Å². The number of carbonyl (C=O) groups is 2. The summed E-state index contributed by atoms with van der Waals surface area (Å²) in [5.41, 5.74) is -0.110. The number of alkyl halides is 3. The molecule has 8 heteroatoms. The monoisotopic (exact) mass is 385 g/mol. The van der Waals surface area contributed by atoms with Gasteiger partial charge in [0.1, 0.15) is 6.54 Å². The van der Waals surface area contributed by atoms with E-state index in [1.54, 1.807) is 24.3 Å². The third-order valence-corrected chi connectivity index (χ3v) is 3.83. The maximum atomic E-state index is 12.6. The van der Waals surface area contributed by atoms with Crippen LogP contribution in [0.5, 0.6) is 0 Å². The van der Waals surface area contributed by atoms with Crippen molar-refractivity contribution in [2.45, 2.75) is 12.7 Å². The van der Waals surface area contributed by atoms with E-state index in [2.05, 4.69) is 4.74 Å². The van der Waals surface area contributed by atoms with Crippen molar-refractivity contribution in [2.75, 3.05) is 13.7 Å². The summed E-state index contributed by atoms with van der Waals surface area (Å²) >= 11 is 5.82. The fourth-order valence-electron chi connectivity index (χ4n) is 2.21. The first-order valence-corrected chi connectivity index (χ1v) is 7.86. The van der Waals surface area contributed by atoms with Crippen molar-refractivity contribution in [3.8, 4) is 0 Å². The second-order valence-electron chi connectivity index (χ2n) is 5.44. The topological polar surface area (TPSA) is 46.6 Å². The number of rotatable bonds is 5. The summed E-state index contributed by atoms with van der Waals surface area (Å²) < 4.78 is 42.5. The smallest absolute Gasteiger partial charge is 0.416 e. The molecule has 26 heavy (non-hydrogen) atoms. The molecule has 0 saturated heterocycles. The minimum absolute atomic E-state index is 0.0378. The van der Waals surface area contributed by atoms with Crippen molar-refractivity contribution in [1.82, 2.24) is 4.90 Å². The number of benzene rings is 2. The van der Waals surface area contributed by atoms with Crippen LogP contribution in [0, 0.1) is 0 Å². The normalized spacial score (nSPS) is 11.1. The van der Waals surface area contributed by atoms with E-state index < -0.39 is 23.6 Å². The lowest BCUT2D eigenvalue weighted by molar-refractivity contribution is -0.141. The lowest BCUT2D eigenvalue weighted by atomic mass is 10.1. The predicted molar refractivity (Wildman–Crippen MR) is 89.7 cm³/mol. The van der Waals surface area contributed by atoms with E-state index in [1.165, 1.54) is 12.0 Å². The number of halogens is 4. The summed E-state index contributed by atoms with van der Waals surface area (Å²) in [7, 11) is 1.19. The summed E-state index contributed by atoms with van der Waals surface area (Å²) in [6, 6.07) is 10.5. The van der Waals surface area contributed by atoms with Crippen LogP contribution in [0.2, 0.25) is 5.02 Å². The number of ether oxygens (including phenoxy) is 1. The van der Waals surface area contributed by atoms with Crippen LogP contribution in [0.3, 0.4) is 0 Å². The van der Waals surface area contributed by atoms with Crippen molar-refractivity contribution >= 4 is 23.5 Å². The highest BCUT2D eigenvalue weighted by molar-refractivity contribution is 6.30. The average Bonchev–Trinajstić information content (AvgIpc) is 2.61. The second-order valence-corrected chi connectivity index (χ2v) is 5.88. The van der Waals surface area contributed by atoms with E-state index in [4.69, 9.17) is 11.6 Å². The highest BCUT2D eigenvalue weighted by Gasteiger charge is 2.30. The van der Waals surface area contributed by atoms with Gasteiger partial charge in [-0.25, -0.2) is 0 Å². The zero-order valence-corrected chi connectivity index (χ0v) is 14.5. The van der Waals surface area contributed by atoms with Gasteiger partial charge in [-0.15, -0.1) is 0 Å². The predicted octanol–water partition coefficient (Wildman–Crippen LogP) is 4.17. The van der Waals surface area contributed by atoms with Crippen molar-refractivity contribution in [2.24, 2.45) is 0 Å². The van der Waals surface area contributed by atoms with Crippen LogP contribution in [0.15, 0.2) is 48.5 Å². The molecule has 0 fully saturated rings. The molecule has 0 aromatic heterocycles. The molecule has 0 spiro atoms. The molecule has 4 nitrogen and oxygen atoms in total. The van der Waals surface area contributed by atoms with E-state index in [-0.39, 0.29) is 18.7 Å². The zero-order chi connectivity index (χ0) is 19.3. The molecule has 0 aliphatic heterocycles. The third kappa shape index (κ3) is 5.23. The molecule has 0 bridgehead atoms. The van der Waals surface area contributed by atoms with Crippen LogP contribution < -0.4 is 0 Å². The number of hydrogen-bond donors (Lipinski definition) is 0. The van der Waals surface area contributed by atoms with Gasteiger partial charge in [-0.3, -0.25) is 9.59 Å². The quantitative estimate of drug-likeness (QED) is 0.725. The van der Waals surface area contributed by atoms with Gasteiger partial charge in [0.2, 0.25) is 0 Å². The molecular weight excluding hydrogens is 371 g/mol. The summed E-state index contributed by atoms with van der Waals surface area (Å²) in [5, 5.41) is 0.516. The molecule has 0 heterocycles. The lowest BCUT2D eigenvalue weighted by Crippen LogP contribution is -2.35. The van der Waals surface area contributed by atoms with Gasteiger partial charge in [-0.2, -0.15) is 13.2 Å². The minimum Gasteiger partial charge on any atom is -0.468 e. The second kappa shape index (κ2) is 8.23. The van der Waals surface area contributed by atoms with Crippen LogP contribution in [0.4, 0.5) is 13.2 Å². The van der Waals surface area contributed by atoms with E-state index in [0.717, 1.165) is 24.3 Å². The number of nitrogens with zero attached hydrogens (tertiary/aromatic N) is 1. The lowest BCUT2D eigenvalue weighted by Gasteiger charge is -2.22. The fourth-order valence-corrected chi connectivity index (χ4v) is 2.34. The van der Waals surface area contributed by atoms with Gasteiger partial charge in [0, 0.05) is 17.1 Å². The summed E-state index contributed by atoms with van der Waals surface area (Å²) in [4.78, 5) is 25.4. The summed E-state index contributed by atoms with van der Waals surface area (Å²) in [6.45, 7) is -0.259. The van der Waals surface area contributed by atoms with Crippen LogP contribution in [0.25, 0.3) is 0 Å². The molecule has 2 aromatic carbocycles. The zero-order valence-electron chi connectivity index (χ0n) is 13.7. The van der Waals surface area contributed by atoms with Gasteiger partial charge in [-0.05, 0) is 42.0 Å². The van der Waals surface area contributed by atoms with Gasteiger partial charge in [0.05, 0.1) is 12.7 Å². The van der Waals surface area contributed by atoms with Crippen molar-refractivity contribution in [1.29, 1.82) is 0 Å². The maximum absolute atomic E-state index is 12.6. The Balaban J connectivity index is 2.24. The SMILES string of the molecule is COC(=O)CN(Cc1ccc(Cl)cc1)C(=O)c1ccc(C(F)(F)F)cc1. The van der Waals surface area contributed by atoms with Crippen molar-refractivity contribution in [3.05, 3.63) is 70.2 Å². The first kappa shape index (κ1) is 19.8. The highest BCUT2D eigenvalue weighted by Crippen LogP contribution is 2.29. The average molecular weight is 386 g/mol. The molecule has 2 aromatic rings. The minimum atomic E-state index is -4.49. The Labute approximate surface area is 153 Å². The molecule has 0 aliphatic carbocycles. The van der Waals surface area contributed by atoms with Crippen LogP contribution in [-0.4, -0.2) is 30.4 Å².